The Morgan fingerprint density at radius 3 is 2.50 bits per heavy atom. The number of ether oxygens (including phenoxy) is 1. The van der Waals surface area contributed by atoms with Gasteiger partial charge in [0.1, 0.15) is 17.4 Å². The Hall–Kier alpha value is -3.07. The Kier molecular flexibility index (Phi) is 5.28. The first kappa shape index (κ1) is 19.7. The van der Waals surface area contributed by atoms with E-state index in [1.807, 2.05) is 0 Å². The molecule has 0 fully saturated rings. The van der Waals surface area contributed by atoms with Gasteiger partial charge < -0.3 is 9.84 Å². The van der Waals surface area contributed by atoms with E-state index in [0.717, 1.165) is 18.3 Å². The average molecular weight is 407 g/mol. The number of aliphatic carboxylic acids is 1. The van der Waals surface area contributed by atoms with Gasteiger partial charge >= 0.3 is 5.97 Å². The van der Waals surface area contributed by atoms with Crippen LogP contribution in [0.25, 0.3) is 10.8 Å². The summed E-state index contributed by atoms with van der Waals surface area (Å²) in [6.45, 7) is 1.50. The summed E-state index contributed by atoms with van der Waals surface area (Å²) in [5.74, 6) is -2.73. The molecule has 0 atom stereocenters. The molecule has 0 saturated heterocycles. The largest absolute Gasteiger partial charge is 0.481 e. The summed E-state index contributed by atoms with van der Waals surface area (Å²) in [5.41, 5.74) is -0.133. The zero-order chi connectivity index (χ0) is 20.5. The normalized spacial score (nSPS) is 11.5. The van der Waals surface area contributed by atoms with Crippen molar-refractivity contribution in [2.45, 2.75) is 18.2 Å². The summed E-state index contributed by atoms with van der Waals surface area (Å²) in [7, 11) is -3.44. The molecule has 1 aromatic heterocycles. The number of carbonyl (C=O) groups is 1. The van der Waals surface area contributed by atoms with Crippen molar-refractivity contribution in [1.82, 2.24) is 4.98 Å². The summed E-state index contributed by atoms with van der Waals surface area (Å²) in [4.78, 5) is 14.9. The van der Waals surface area contributed by atoms with Crippen LogP contribution in [0.2, 0.25) is 0 Å². The zero-order valence-electron chi connectivity index (χ0n) is 14.6. The van der Waals surface area contributed by atoms with E-state index in [1.54, 1.807) is 0 Å². The maximum Gasteiger partial charge on any atom is 0.307 e. The van der Waals surface area contributed by atoms with Crippen molar-refractivity contribution >= 4 is 26.6 Å². The lowest BCUT2D eigenvalue weighted by Crippen LogP contribution is -2.05. The number of nitrogens with zero attached hydrogens (tertiary/aromatic N) is 1. The molecule has 0 spiro atoms. The van der Waals surface area contributed by atoms with Crippen molar-refractivity contribution in [3.63, 3.8) is 0 Å². The number of aromatic nitrogens is 1. The number of halogens is 2. The molecule has 146 valence electrons. The van der Waals surface area contributed by atoms with Crippen LogP contribution in [0.1, 0.15) is 12.5 Å². The van der Waals surface area contributed by atoms with Gasteiger partial charge in [-0.25, -0.2) is 22.2 Å². The Labute approximate surface area is 159 Å². The molecule has 6 nitrogen and oxygen atoms in total. The van der Waals surface area contributed by atoms with Gasteiger partial charge in [0, 0.05) is 28.6 Å². The smallest absolute Gasteiger partial charge is 0.307 e. The van der Waals surface area contributed by atoms with Crippen molar-refractivity contribution in [2.24, 2.45) is 0 Å². The molecule has 1 heterocycles. The highest BCUT2D eigenvalue weighted by molar-refractivity contribution is 7.91. The minimum absolute atomic E-state index is 0.000306. The highest BCUT2D eigenvalue weighted by atomic mass is 32.2. The first-order valence-electron chi connectivity index (χ1n) is 8.20. The first-order chi connectivity index (χ1) is 13.2. The van der Waals surface area contributed by atoms with Gasteiger partial charge in [-0.05, 0) is 30.3 Å². The third-order valence-corrected chi connectivity index (χ3v) is 5.80. The fourth-order valence-corrected chi connectivity index (χ4v) is 3.47. The highest BCUT2D eigenvalue weighted by Gasteiger charge is 2.17. The maximum atomic E-state index is 14.6. The number of benzene rings is 2. The summed E-state index contributed by atoms with van der Waals surface area (Å²) >= 11 is 0. The molecular weight excluding hydrogens is 392 g/mol. The van der Waals surface area contributed by atoms with Crippen LogP contribution in [0.3, 0.4) is 0 Å². The fraction of sp³-hybridized carbons (Fsp3) is 0.158. The van der Waals surface area contributed by atoms with Crippen LogP contribution in [-0.4, -0.2) is 30.2 Å². The molecule has 28 heavy (non-hydrogen) atoms. The Morgan fingerprint density at radius 1 is 1.14 bits per heavy atom. The predicted octanol–water partition coefficient (Wildman–Crippen LogP) is 3.73. The lowest BCUT2D eigenvalue weighted by atomic mass is 10.0. The minimum Gasteiger partial charge on any atom is -0.481 e. The van der Waals surface area contributed by atoms with E-state index < -0.39 is 33.9 Å². The molecule has 0 amide bonds. The maximum absolute atomic E-state index is 14.6. The van der Waals surface area contributed by atoms with E-state index in [2.05, 4.69) is 4.98 Å². The Balaban J connectivity index is 2.08. The van der Waals surface area contributed by atoms with Crippen molar-refractivity contribution < 1.29 is 31.8 Å². The quantitative estimate of drug-likeness (QED) is 0.669. The molecule has 0 unspecified atom stereocenters. The van der Waals surface area contributed by atoms with Crippen molar-refractivity contribution in [1.29, 1.82) is 0 Å². The standard InChI is InChI=1S/C19H15F2NO5S/c1-2-28(25,26)13-4-6-17(22-10-13)27-16-7-11(8-18(23)24)19(21)14-5-3-12(20)9-15(14)16/h3-7,9-10H,2,8H2,1H3,(H,23,24). The molecule has 3 rings (SSSR count). The summed E-state index contributed by atoms with van der Waals surface area (Å²) in [6.07, 6.45) is 0.537. The number of sulfone groups is 1. The van der Waals surface area contributed by atoms with Gasteiger partial charge in [0.15, 0.2) is 9.84 Å². The third-order valence-electron chi connectivity index (χ3n) is 4.08. The second-order valence-corrected chi connectivity index (χ2v) is 8.22. The van der Waals surface area contributed by atoms with Crippen LogP contribution in [0.15, 0.2) is 47.5 Å². The number of pyridine rings is 1. The number of carboxylic acid groups (broad SMARTS) is 1. The van der Waals surface area contributed by atoms with Crippen molar-refractivity contribution in [3.05, 3.63) is 59.8 Å². The predicted molar refractivity (Wildman–Crippen MR) is 97.2 cm³/mol. The second-order valence-electron chi connectivity index (χ2n) is 5.95. The van der Waals surface area contributed by atoms with Gasteiger partial charge in [-0.15, -0.1) is 0 Å². The van der Waals surface area contributed by atoms with Gasteiger partial charge in [-0.2, -0.15) is 0 Å². The SMILES string of the molecule is CCS(=O)(=O)c1ccc(Oc2cc(CC(=O)O)c(F)c3ccc(F)cc23)nc1. The second kappa shape index (κ2) is 7.51. The lowest BCUT2D eigenvalue weighted by Gasteiger charge is -2.12. The molecule has 0 bridgehead atoms. The van der Waals surface area contributed by atoms with Crippen LogP contribution in [0.4, 0.5) is 8.78 Å². The Morgan fingerprint density at radius 2 is 1.89 bits per heavy atom. The molecule has 0 radical (unpaired) electrons. The molecule has 0 aliphatic rings. The van der Waals surface area contributed by atoms with Gasteiger partial charge in [-0.1, -0.05) is 6.92 Å². The van der Waals surface area contributed by atoms with Crippen molar-refractivity contribution in [2.75, 3.05) is 5.75 Å². The number of fused-ring (bicyclic) bond motifs is 1. The van der Waals surface area contributed by atoms with E-state index in [0.29, 0.717) is 0 Å². The summed E-state index contributed by atoms with van der Waals surface area (Å²) < 4.78 is 57.5. The van der Waals surface area contributed by atoms with Crippen LogP contribution in [-0.2, 0) is 21.1 Å². The topological polar surface area (TPSA) is 93.6 Å². The van der Waals surface area contributed by atoms with E-state index in [1.165, 1.54) is 31.2 Å². The van der Waals surface area contributed by atoms with Gasteiger partial charge in [0.05, 0.1) is 17.1 Å². The molecular formula is C19H15F2NO5S. The number of hydrogen-bond acceptors (Lipinski definition) is 5. The van der Waals surface area contributed by atoms with E-state index in [-0.39, 0.29) is 38.6 Å². The highest BCUT2D eigenvalue weighted by Crippen LogP contribution is 2.34. The number of carboxylic acids is 1. The van der Waals surface area contributed by atoms with E-state index in [4.69, 9.17) is 9.84 Å². The number of rotatable bonds is 6. The fourth-order valence-electron chi connectivity index (χ4n) is 2.65. The summed E-state index contributed by atoms with van der Waals surface area (Å²) in [5, 5.41) is 9.08. The van der Waals surface area contributed by atoms with Crippen LogP contribution >= 0.6 is 0 Å². The Bertz CT molecular complexity index is 1160. The van der Waals surface area contributed by atoms with Gasteiger partial charge in [0.25, 0.3) is 0 Å². The first-order valence-corrected chi connectivity index (χ1v) is 9.85. The lowest BCUT2D eigenvalue weighted by molar-refractivity contribution is -0.136. The van der Waals surface area contributed by atoms with Gasteiger partial charge in [0.2, 0.25) is 5.88 Å². The van der Waals surface area contributed by atoms with E-state index >= 15 is 0 Å². The van der Waals surface area contributed by atoms with Crippen LogP contribution < -0.4 is 4.74 Å². The molecule has 1 N–H and O–H groups in total. The molecule has 0 aliphatic carbocycles. The molecule has 0 aliphatic heterocycles. The van der Waals surface area contributed by atoms with Crippen LogP contribution in [0.5, 0.6) is 11.6 Å². The van der Waals surface area contributed by atoms with Crippen molar-refractivity contribution in [3.8, 4) is 11.6 Å². The number of hydrogen-bond donors (Lipinski definition) is 1. The third kappa shape index (κ3) is 3.94. The summed E-state index contributed by atoms with van der Waals surface area (Å²) in [6, 6.07) is 7.11. The zero-order valence-corrected chi connectivity index (χ0v) is 15.5. The minimum atomic E-state index is -3.44. The van der Waals surface area contributed by atoms with Crippen LogP contribution in [0, 0.1) is 11.6 Å². The monoisotopic (exact) mass is 407 g/mol. The van der Waals surface area contributed by atoms with Gasteiger partial charge in [-0.3, -0.25) is 4.79 Å². The average Bonchev–Trinajstić information content (AvgIpc) is 2.65. The molecule has 3 aromatic rings. The molecule has 0 saturated carbocycles. The van der Waals surface area contributed by atoms with E-state index in [9.17, 15) is 22.0 Å². The molecule has 9 heteroatoms. The molecule has 2 aromatic carbocycles.